The van der Waals surface area contributed by atoms with Crippen molar-refractivity contribution in [2.45, 2.75) is 43.5 Å². The quantitative estimate of drug-likeness (QED) is 0.864. The van der Waals surface area contributed by atoms with Crippen LogP contribution >= 0.6 is 0 Å². The number of nitrogens with one attached hydrogen (secondary N) is 1. The fraction of sp³-hybridized carbons (Fsp3) is 0.533. The van der Waals surface area contributed by atoms with E-state index in [1.807, 2.05) is 6.07 Å². The number of nitrogens with two attached hydrogens (primary N) is 1. The predicted octanol–water partition coefficient (Wildman–Crippen LogP) is 1.66. The third-order valence-corrected chi connectivity index (χ3v) is 5.77. The lowest BCUT2D eigenvalue weighted by Crippen LogP contribution is -2.44. The summed E-state index contributed by atoms with van der Waals surface area (Å²) in [5.74, 6) is 0.323. The van der Waals surface area contributed by atoms with Crippen LogP contribution in [-0.2, 0) is 10.0 Å². The zero-order valence-electron chi connectivity index (χ0n) is 12.2. The summed E-state index contributed by atoms with van der Waals surface area (Å²) >= 11 is 0. The minimum Gasteiger partial charge on any atom is -0.329 e. The molecule has 1 aliphatic carbocycles. The lowest BCUT2D eigenvalue weighted by molar-refractivity contribution is 0.405. The molecule has 0 amide bonds. The number of nitrogens with zero attached hydrogens (tertiary/aromatic N) is 1. The van der Waals surface area contributed by atoms with Crippen molar-refractivity contribution in [3.05, 3.63) is 29.3 Å². The molecular weight excluding hydrogens is 286 g/mol. The van der Waals surface area contributed by atoms with Gasteiger partial charge in [-0.05, 0) is 49.4 Å². The topological polar surface area (TPSA) is 96.0 Å². The smallest absolute Gasteiger partial charge is 0.241 e. The lowest BCUT2D eigenvalue weighted by atomic mass is 9.99. The minimum absolute atomic E-state index is 0.215. The maximum Gasteiger partial charge on any atom is 0.241 e. The van der Waals surface area contributed by atoms with Crippen molar-refractivity contribution in [1.29, 1.82) is 5.26 Å². The van der Waals surface area contributed by atoms with Crippen LogP contribution in [-0.4, -0.2) is 21.0 Å². The molecule has 0 saturated heterocycles. The molecule has 1 aromatic carbocycles. The number of rotatable bonds is 5. The summed E-state index contributed by atoms with van der Waals surface area (Å²) in [6.45, 7) is 2.00. The molecule has 1 saturated carbocycles. The number of hydrogen-bond donors (Lipinski definition) is 2. The Hall–Kier alpha value is -1.42. The molecule has 0 bridgehead atoms. The first kappa shape index (κ1) is 16.0. The van der Waals surface area contributed by atoms with Gasteiger partial charge in [0.1, 0.15) is 0 Å². The molecule has 1 aromatic rings. The normalized spacial score (nSPS) is 17.6. The van der Waals surface area contributed by atoms with Crippen LogP contribution in [0.4, 0.5) is 0 Å². The molecule has 0 heterocycles. The van der Waals surface area contributed by atoms with E-state index in [2.05, 4.69) is 4.72 Å². The van der Waals surface area contributed by atoms with Crippen LogP contribution in [0.5, 0.6) is 0 Å². The minimum atomic E-state index is -3.60. The summed E-state index contributed by atoms with van der Waals surface area (Å²) in [6.07, 6.45) is 4.32. The summed E-state index contributed by atoms with van der Waals surface area (Å²) in [5, 5.41) is 8.85. The Kier molecular flexibility index (Phi) is 4.99. The van der Waals surface area contributed by atoms with Gasteiger partial charge in [0.15, 0.2) is 0 Å². The first-order valence-electron chi connectivity index (χ1n) is 7.21. The van der Waals surface area contributed by atoms with E-state index in [0.717, 1.165) is 25.7 Å². The molecule has 5 nitrogen and oxygen atoms in total. The molecule has 3 N–H and O–H groups in total. The van der Waals surface area contributed by atoms with E-state index in [9.17, 15) is 8.42 Å². The molecule has 1 aliphatic rings. The molecule has 0 radical (unpaired) electrons. The van der Waals surface area contributed by atoms with Crippen LogP contribution in [0.25, 0.3) is 0 Å². The Balaban J connectivity index is 2.23. The lowest BCUT2D eigenvalue weighted by Gasteiger charge is -2.23. The van der Waals surface area contributed by atoms with E-state index in [1.54, 1.807) is 13.0 Å². The Labute approximate surface area is 126 Å². The standard InChI is InChI=1S/C15H21N3O2S/c1-11-8-12(9-16)6-7-15(11)21(19,20)18-14(10-17)13-4-2-3-5-13/h6-8,13-14,18H,2-5,10,17H2,1H3. The summed E-state index contributed by atoms with van der Waals surface area (Å²) in [7, 11) is -3.60. The van der Waals surface area contributed by atoms with Gasteiger partial charge < -0.3 is 5.73 Å². The fourth-order valence-corrected chi connectivity index (χ4v) is 4.52. The molecular formula is C15H21N3O2S. The Morgan fingerprint density at radius 3 is 2.62 bits per heavy atom. The SMILES string of the molecule is Cc1cc(C#N)ccc1S(=O)(=O)NC(CN)C1CCCC1. The van der Waals surface area contributed by atoms with Gasteiger partial charge in [0.25, 0.3) is 0 Å². The van der Waals surface area contributed by atoms with Crippen molar-refractivity contribution in [2.75, 3.05) is 6.54 Å². The Morgan fingerprint density at radius 2 is 2.10 bits per heavy atom. The average molecular weight is 307 g/mol. The fourth-order valence-electron chi connectivity index (χ4n) is 2.98. The second-order valence-corrected chi connectivity index (χ2v) is 7.28. The first-order valence-corrected chi connectivity index (χ1v) is 8.69. The molecule has 0 aliphatic heterocycles. The third kappa shape index (κ3) is 3.62. The Morgan fingerprint density at radius 1 is 1.43 bits per heavy atom. The van der Waals surface area contributed by atoms with Crippen molar-refractivity contribution in [1.82, 2.24) is 4.72 Å². The summed E-state index contributed by atoms with van der Waals surface area (Å²) < 4.78 is 27.8. The highest BCUT2D eigenvalue weighted by atomic mass is 32.2. The van der Waals surface area contributed by atoms with Crippen LogP contribution in [0, 0.1) is 24.2 Å². The van der Waals surface area contributed by atoms with Gasteiger partial charge in [-0.15, -0.1) is 0 Å². The zero-order valence-corrected chi connectivity index (χ0v) is 13.0. The van der Waals surface area contributed by atoms with Crippen molar-refractivity contribution in [2.24, 2.45) is 11.7 Å². The molecule has 1 fully saturated rings. The molecule has 1 unspecified atom stereocenters. The number of aryl methyl sites for hydroxylation is 1. The summed E-state index contributed by atoms with van der Waals surface area (Å²) in [5.41, 5.74) is 6.78. The highest BCUT2D eigenvalue weighted by Gasteiger charge is 2.29. The average Bonchev–Trinajstić information content (AvgIpc) is 2.98. The number of sulfonamides is 1. The van der Waals surface area contributed by atoms with Crippen molar-refractivity contribution in [3.8, 4) is 6.07 Å². The van der Waals surface area contributed by atoms with E-state index in [-0.39, 0.29) is 10.9 Å². The monoisotopic (exact) mass is 307 g/mol. The molecule has 0 spiro atoms. The second-order valence-electron chi connectivity index (χ2n) is 5.60. The van der Waals surface area contributed by atoms with Crippen LogP contribution in [0.15, 0.2) is 23.1 Å². The first-order chi connectivity index (χ1) is 9.97. The maximum absolute atomic E-state index is 12.5. The van der Waals surface area contributed by atoms with Gasteiger partial charge in [-0.2, -0.15) is 5.26 Å². The van der Waals surface area contributed by atoms with Gasteiger partial charge in [0, 0.05) is 12.6 Å². The van der Waals surface area contributed by atoms with Gasteiger partial charge in [-0.1, -0.05) is 12.8 Å². The molecule has 1 atom stereocenters. The van der Waals surface area contributed by atoms with E-state index < -0.39 is 10.0 Å². The van der Waals surface area contributed by atoms with Gasteiger partial charge in [0.2, 0.25) is 10.0 Å². The highest BCUT2D eigenvalue weighted by Crippen LogP contribution is 2.28. The molecule has 114 valence electrons. The van der Waals surface area contributed by atoms with Gasteiger partial charge in [-0.25, -0.2) is 13.1 Å². The van der Waals surface area contributed by atoms with E-state index in [0.29, 0.717) is 23.6 Å². The van der Waals surface area contributed by atoms with Crippen LogP contribution in [0.2, 0.25) is 0 Å². The Bertz CT molecular complexity index is 643. The highest BCUT2D eigenvalue weighted by molar-refractivity contribution is 7.89. The van der Waals surface area contributed by atoms with Gasteiger partial charge in [-0.3, -0.25) is 0 Å². The number of hydrogen-bond acceptors (Lipinski definition) is 4. The predicted molar refractivity (Wildman–Crippen MR) is 81.0 cm³/mol. The van der Waals surface area contributed by atoms with E-state index in [1.165, 1.54) is 12.1 Å². The zero-order chi connectivity index (χ0) is 15.5. The van der Waals surface area contributed by atoms with Crippen molar-refractivity contribution < 1.29 is 8.42 Å². The van der Waals surface area contributed by atoms with Gasteiger partial charge in [0.05, 0.1) is 16.5 Å². The van der Waals surface area contributed by atoms with E-state index in [4.69, 9.17) is 11.0 Å². The summed E-state index contributed by atoms with van der Waals surface area (Å²) in [6, 6.07) is 6.38. The van der Waals surface area contributed by atoms with Crippen molar-refractivity contribution >= 4 is 10.0 Å². The number of nitriles is 1. The molecule has 21 heavy (non-hydrogen) atoms. The van der Waals surface area contributed by atoms with Crippen LogP contribution in [0.3, 0.4) is 0 Å². The molecule has 6 heteroatoms. The molecule has 2 rings (SSSR count). The third-order valence-electron chi connectivity index (χ3n) is 4.12. The number of benzene rings is 1. The van der Waals surface area contributed by atoms with E-state index >= 15 is 0 Å². The maximum atomic E-state index is 12.5. The summed E-state index contributed by atoms with van der Waals surface area (Å²) in [4.78, 5) is 0.220. The van der Waals surface area contributed by atoms with Crippen LogP contribution < -0.4 is 10.5 Å². The second kappa shape index (κ2) is 6.56. The van der Waals surface area contributed by atoms with Gasteiger partial charge >= 0.3 is 0 Å². The van der Waals surface area contributed by atoms with Crippen molar-refractivity contribution in [3.63, 3.8) is 0 Å². The molecule has 0 aromatic heterocycles. The van der Waals surface area contributed by atoms with Crippen LogP contribution in [0.1, 0.15) is 36.8 Å². The largest absolute Gasteiger partial charge is 0.329 e.